The van der Waals surface area contributed by atoms with Crippen LogP contribution in [0.2, 0.25) is 0 Å². The summed E-state index contributed by atoms with van der Waals surface area (Å²) in [6.07, 6.45) is 0.898. The minimum Gasteiger partial charge on any atom is -0.486 e. The lowest BCUT2D eigenvalue weighted by Gasteiger charge is -2.22. The first-order valence-corrected chi connectivity index (χ1v) is 13.4. The van der Waals surface area contributed by atoms with Gasteiger partial charge in [-0.1, -0.05) is 55.5 Å². The zero-order valence-electron chi connectivity index (χ0n) is 23.2. The number of benzene rings is 3. The summed E-state index contributed by atoms with van der Waals surface area (Å²) in [6, 6.07) is 20.1. The van der Waals surface area contributed by atoms with E-state index in [1.807, 2.05) is 37.3 Å². The summed E-state index contributed by atoms with van der Waals surface area (Å²) in [4.78, 5) is 64.2. The molecule has 0 radical (unpaired) electrons. The van der Waals surface area contributed by atoms with Crippen molar-refractivity contribution in [1.29, 1.82) is 0 Å². The van der Waals surface area contributed by atoms with E-state index in [0.717, 1.165) is 20.9 Å². The van der Waals surface area contributed by atoms with Crippen LogP contribution in [0.25, 0.3) is 10.8 Å². The molecule has 0 bridgehead atoms. The molecule has 0 aliphatic rings. The predicted molar refractivity (Wildman–Crippen MR) is 158 cm³/mol. The number of para-hydroxylation sites is 1. The molecule has 10 nitrogen and oxygen atoms in total. The normalized spacial score (nSPS) is 12.2. The van der Waals surface area contributed by atoms with Crippen molar-refractivity contribution < 1.29 is 29.0 Å². The van der Waals surface area contributed by atoms with E-state index >= 15 is 0 Å². The Morgan fingerprint density at radius 1 is 0.952 bits per heavy atom. The van der Waals surface area contributed by atoms with Gasteiger partial charge in [0.05, 0.1) is 6.42 Å². The number of Topliss-reactive ketones (excluding diaryl/α,β-unsaturated/α-hetero) is 1. The number of aliphatic carboxylic acids is 1. The van der Waals surface area contributed by atoms with Crippen LogP contribution in [-0.2, 0) is 14.4 Å². The average Bonchev–Trinajstić information content (AvgIpc) is 2.97. The maximum absolute atomic E-state index is 13.4. The zero-order valence-corrected chi connectivity index (χ0v) is 23.2. The Kier molecular flexibility index (Phi) is 9.49. The van der Waals surface area contributed by atoms with Gasteiger partial charge in [0.15, 0.2) is 5.78 Å². The Morgan fingerprint density at radius 2 is 1.67 bits per heavy atom. The van der Waals surface area contributed by atoms with Gasteiger partial charge in [-0.05, 0) is 60.0 Å². The topological polar surface area (TPSA) is 144 Å². The molecule has 1 heterocycles. The fourth-order valence-electron chi connectivity index (χ4n) is 4.66. The van der Waals surface area contributed by atoms with E-state index in [1.165, 1.54) is 18.3 Å². The number of aromatic nitrogens is 1. The third-order valence-corrected chi connectivity index (χ3v) is 6.71. The van der Waals surface area contributed by atoms with E-state index < -0.39 is 54.2 Å². The van der Waals surface area contributed by atoms with Crippen LogP contribution in [0.1, 0.15) is 41.7 Å². The van der Waals surface area contributed by atoms with Crippen LogP contribution < -0.4 is 20.9 Å². The van der Waals surface area contributed by atoms with Crippen LogP contribution >= 0.6 is 0 Å². The average molecular weight is 570 g/mol. The van der Waals surface area contributed by atoms with Crippen LogP contribution in [0.4, 0.5) is 5.69 Å². The summed E-state index contributed by atoms with van der Waals surface area (Å²) in [5.41, 5.74) is 0.622. The number of hydrogen-bond acceptors (Lipinski definition) is 6. The number of hydrogen-bond donors (Lipinski definition) is 3. The molecule has 0 spiro atoms. The van der Waals surface area contributed by atoms with E-state index in [1.54, 1.807) is 43.3 Å². The maximum Gasteiger partial charge on any atom is 0.305 e. The summed E-state index contributed by atoms with van der Waals surface area (Å²) in [6.45, 7) is 3.10. The number of anilines is 1. The standard InChI is InChI=1S/C32H31N3O7/c1-3-27(31(40)34-26(18-29(37)38)28(36)19-42-22-11-5-4-6-12-22)35-15-9-14-25(32(35)41)33-30(39)24-17-20(2)16-21-10-7-8-13-23(21)24/h4-17,26-27H,3,18-19H2,1-2H3,(H,33,39)(H,34,40)(H,37,38)/t26-,27?/m0/s1. The molecule has 0 saturated carbocycles. The van der Waals surface area contributed by atoms with Gasteiger partial charge in [0.25, 0.3) is 11.5 Å². The number of nitrogens with zero attached hydrogens (tertiary/aromatic N) is 1. The van der Waals surface area contributed by atoms with Crippen molar-refractivity contribution in [2.24, 2.45) is 0 Å². The Balaban J connectivity index is 1.53. The number of rotatable bonds is 12. The smallest absolute Gasteiger partial charge is 0.305 e. The van der Waals surface area contributed by atoms with Gasteiger partial charge in [0.2, 0.25) is 5.91 Å². The lowest BCUT2D eigenvalue weighted by molar-refractivity contribution is -0.140. The lowest BCUT2D eigenvalue weighted by Crippen LogP contribution is -2.48. The zero-order chi connectivity index (χ0) is 30.2. The highest BCUT2D eigenvalue weighted by Crippen LogP contribution is 2.22. The lowest BCUT2D eigenvalue weighted by atomic mass is 10.0. The molecular weight excluding hydrogens is 538 g/mol. The third kappa shape index (κ3) is 7.08. The summed E-state index contributed by atoms with van der Waals surface area (Å²) in [7, 11) is 0. The molecule has 3 N–H and O–H groups in total. The van der Waals surface area contributed by atoms with E-state index in [2.05, 4.69) is 10.6 Å². The van der Waals surface area contributed by atoms with Crippen LogP contribution in [0, 0.1) is 6.92 Å². The molecule has 4 aromatic rings. The summed E-state index contributed by atoms with van der Waals surface area (Å²) >= 11 is 0. The van der Waals surface area contributed by atoms with Crippen molar-refractivity contribution in [1.82, 2.24) is 9.88 Å². The third-order valence-electron chi connectivity index (χ3n) is 6.71. The highest BCUT2D eigenvalue weighted by molar-refractivity contribution is 6.13. The molecule has 0 fully saturated rings. The number of amides is 2. The number of fused-ring (bicyclic) bond motifs is 1. The number of carboxylic acids is 1. The fourth-order valence-corrected chi connectivity index (χ4v) is 4.66. The molecular formula is C32H31N3O7. The fraction of sp³-hybridized carbons (Fsp3) is 0.219. The molecule has 4 rings (SSSR count). The number of pyridine rings is 1. The van der Waals surface area contributed by atoms with Gasteiger partial charge in [0.1, 0.15) is 30.1 Å². The van der Waals surface area contributed by atoms with E-state index in [9.17, 15) is 29.1 Å². The molecule has 10 heteroatoms. The number of ketones is 1. The number of ether oxygens (including phenoxy) is 1. The van der Waals surface area contributed by atoms with Gasteiger partial charge in [-0.15, -0.1) is 0 Å². The number of carboxylic acid groups (broad SMARTS) is 1. The van der Waals surface area contributed by atoms with Crippen molar-refractivity contribution in [3.8, 4) is 5.75 Å². The first-order chi connectivity index (χ1) is 20.2. The Labute approximate surface area is 241 Å². The van der Waals surface area contributed by atoms with Crippen molar-refractivity contribution in [3.05, 3.63) is 107 Å². The minimum atomic E-state index is -1.37. The van der Waals surface area contributed by atoms with Gasteiger partial charge in [-0.2, -0.15) is 0 Å². The van der Waals surface area contributed by atoms with Gasteiger partial charge < -0.3 is 25.0 Å². The second-order valence-electron chi connectivity index (χ2n) is 9.77. The van der Waals surface area contributed by atoms with Crippen LogP contribution in [0.3, 0.4) is 0 Å². The van der Waals surface area contributed by atoms with Gasteiger partial charge in [0, 0.05) is 11.8 Å². The quantitative estimate of drug-likeness (QED) is 0.233. The first-order valence-electron chi connectivity index (χ1n) is 13.4. The van der Waals surface area contributed by atoms with Crippen LogP contribution in [0.15, 0.2) is 89.9 Å². The number of nitrogens with one attached hydrogen (secondary N) is 2. The molecule has 216 valence electrons. The van der Waals surface area contributed by atoms with Crippen molar-refractivity contribution >= 4 is 40.0 Å². The SMILES string of the molecule is CCC(C(=O)N[C@@H](CC(=O)O)C(=O)COc1ccccc1)n1cccc(NC(=O)c2cc(C)cc3ccccc23)c1=O. The van der Waals surface area contributed by atoms with Crippen molar-refractivity contribution in [2.45, 2.75) is 38.8 Å². The Bertz CT molecular complexity index is 1680. The van der Waals surface area contributed by atoms with E-state index in [-0.39, 0.29) is 12.1 Å². The second kappa shape index (κ2) is 13.4. The van der Waals surface area contributed by atoms with E-state index in [0.29, 0.717) is 11.3 Å². The second-order valence-corrected chi connectivity index (χ2v) is 9.77. The summed E-state index contributed by atoms with van der Waals surface area (Å²) < 4.78 is 6.59. The van der Waals surface area contributed by atoms with Crippen LogP contribution in [-0.4, -0.2) is 45.9 Å². The predicted octanol–water partition coefficient (Wildman–Crippen LogP) is 4.12. The highest BCUT2D eigenvalue weighted by Gasteiger charge is 2.29. The first kappa shape index (κ1) is 29.7. The summed E-state index contributed by atoms with van der Waals surface area (Å²) in [5, 5.41) is 16.1. The van der Waals surface area contributed by atoms with E-state index in [4.69, 9.17) is 4.74 Å². The molecule has 0 aliphatic heterocycles. The Morgan fingerprint density at radius 3 is 2.38 bits per heavy atom. The minimum absolute atomic E-state index is 0.0336. The molecule has 42 heavy (non-hydrogen) atoms. The molecule has 1 aromatic heterocycles. The van der Waals surface area contributed by atoms with Gasteiger partial charge in [-0.3, -0.25) is 24.0 Å². The number of carbonyl (C=O) groups is 4. The molecule has 2 amide bonds. The summed E-state index contributed by atoms with van der Waals surface area (Å²) in [5.74, 6) is -2.70. The largest absolute Gasteiger partial charge is 0.486 e. The van der Waals surface area contributed by atoms with Crippen LogP contribution in [0.5, 0.6) is 5.75 Å². The molecule has 3 aromatic carbocycles. The van der Waals surface area contributed by atoms with Crippen molar-refractivity contribution in [3.63, 3.8) is 0 Å². The molecule has 1 unspecified atom stereocenters. The molecule has 2 atom stereocenters. The number of carbonyl (C=O) groups excluding carboxylic acids is 3. The highest BCUT2D eigenvalue weighted by atomic mass is 16.5. The number of aryl methyl sites for hydroxylation is 1. The monoisotopic (exact) mass is 569 g/mol. The van der Waals surface area contributed by atoms with Crippen molar-refractivity contribution in [2.75, 3.05) is 11.9 Å². The van der Waals surface area contributed by atoms with Gasteiger partial charge >= 0.3 is 5.97 Å². The Hall–Kier alpha value is -5.25. The maximum atomic E-state index is 13.4. The van der Waals surface area contributed by atoms with Gasteiger partial charge in [-0.25, -0.2) is 0 Å². The molecule has 0 aliphatic carbocycles. The molecule has 0 saturated heterocycles.